The molecule has 112 valence electrons. The van der Waals surface area contributed by atoms with Crippen molar-refractivity contribution in [3.63, 3.8) is 0 Å². The molecule has 20 heavy (non-hydrogen) atoms. The summed E-state index contributed by atoms with van der Waals surface area (Å²) < 4.78 is 5.79. The Bertz CT molecular complexity index is 447. The van der Waals surface area contributed by atoms with E-state index < -0.39 is 6.10 Å². The highest BCUT2D eigenvalue weighted by Gasteiger charge is 2.21. The second-order valence-corrected chi connectivity index (χ2v) is 4.93. The number of likely N-dealkylation sites (N-methyl/N-ethyl adjacent to an activating group) is 1. The van der Waals surface area contributed by atoms with Crippen LogP contribution in [0.5, 0.6) is 5.75 Å². The lowest BCUT2D eigenvalue weighted by molar-refractivity contribution is -0.137. The van der Waals surface area contributed by atoms with Gasteiger partial charge in [0, 0.05) is 23.7 Å². The van der Waals surface area contributed by atoms with Crippen LogP contribution in [-0.4, -0.2) is 36.5 Å². The Morgan fingerprint density at radius 2 is 2.05 bits per heavy atom. The van der Waals surface area contributed by atoms with E-state index in [2.05, 4.69) is 0 Å². The lowest BCUT2D eigenvalue weighted by Gasteiger charge is -2.24. The number of nitrogens with two attached hydrogens (primary N) is 1. The number of nitrogens with zero attached hydrogens (tertiary/aromatic N) is 1. The summed E-state index contributed by atoms with van der Waals surface area (Å²) in [5.41, 5.74) is 6.45. The van der Waals surface area contributed by atoms with Crippen molar-refractivity contribution in [1.82, 2.24) is 4.90 Å². The molecule has 1 aromatic carbocycles. The van der Waals surface area contributed by atoms with E-state index in [1.807, 2.05) is 26.0 Å². The SMILES string of the molecule is CCN(CC)C(=O)C(C)Oc1cccc(Cl)c1CCN. The first-order chi connectivity index (χ1) is 9.54. The molecule has 1 aromatic rings. The maximum Gasteiger partial charge on any atom is 0.263 e. The third-order valence-corrected chi connectivity index (χ3v) is 3.55. The topological polar surface area (TPSA) is 55.6 Å². The minimum atomic E-state index is -0.537. The molecule has 0 radical (unpaired) electrons. The van der Waals surface area contributed by atoms with E-state index in [4.69, 9.17) is 22.1 Å². The van der Waals surface area contributed by atoms with Crippen LogP contribution in [0.25, 0.3) is 0 Å². The molecule has 0 bridgehead atoms. The molecule has 0 spiro atoms. The molecule has 0 aliphatic heterocycles. The van der Waals surface area contributed by atoms with Crippen LogP contribution >= 0.6 is 11.6 Å². The Labute approximate surface area is 125 Å². The first-order valence-corrected chi connectivity index (χ1v) is 7.35. The fourth-order valence-corrected chi connectivity index (χ4v) is 2.33. The number of hydrogen-bond acceptors (Lipinski definition) is 3. The number of ether oxygens (including phenoxy) is 1. The number of carbonyl (C=O) groups is 1. The van der Waals surface area contributed by atoms with E-state index in [9.17, 15) is 4.79 Å². The molecule has 1 atom stereocenters. The van der Waals surface area contributed by atoms with Crippen LogP contribution in [0.3, 0.4) is 0 Å². The number of amides is 1. The normalized spacial score (nSPS) is 12.1. The summed E-state index contributed by atoms with van der Waals surface area (Å²) in [7, 11) is 0. The van der Waals surface area contributed by atoms with Crippen LogP contribution in [0.2, 0.25) is 5.02 Å². The molecular weight excluding hydrogens is 276 g/mol. The van der Waals surface area contributed by atoms with Gasteiger partial charge in [0.1, 0.15) is 5.75 Å². The van der Waals surface area contributed by atoms with E-state index in [1.54, 1.807) is 17.9 Å². The zero-order valence-electron chi connectivity index (χ0n) is 12.4. The molecule has 0 heterocycles. The van der Waals surface area contributed by atoms with Crippen LogP contribution < -0.4 is 10.5 Å². The lowest BCUT2D eigenvalue weighted by Crippen LogP contribution is -2.40. The fraction of sp³-hybridized carbons (Fsp3) is 0.533. The van der Waals surface area contributed by atoms with Gasteiger partial charge in [0.25, 0.3) is 5.91 Å². The fourth-order valence-electron chi connectivity index (χ4n) is 2.07. The van der Waals surface area contributed by atoms with Crippen molar-refractivity contribution < 1.29 is 9.53 Å². The Morgan fingerprint density at radius 1 is 1.40 bits per heavy atom. The molecule has 2 N–H and O–H groups in total. The van der Waals surface area contributed by atoms with Crippen molar-refractivity contribution in [1.29, 1.82) is 0 Å². The molecule has 0 aromatic heterocycles. The summed E-state index contributed by atoms with van der Waals surface area (Å²) in [5.74, 6) is 0.615. The Balaban J connectivity index is 2.87. The maximum absolute atomic E-state index is 12.2. The second-order valence-electron chi connectivity index (χ2n) is 4.53. The first kappa shape index (κ1) is 16.8. The number of benzene rings is 1. The second kappa shape index (κ2) is 8.12. The van der Waals surface area contributed by atoms with Gasteiger partial charge in [-0.1, -0.05) is 17.7 Å². The average molecular weight is 299 g/mol. The number of rotatable bonds is 7. The number of halogens is 1. The quantitative estimate of drug-likeness (QED) is 0.841. The van der Waals surface area contributed by atoms with Gasteiger partial charge in [-0.2, -0.15) is 0 Å². The van der Waals surface area contributed by atoms with Crippen molar-refractivity contribution in [2.75, 3.05) is 19.6 Å². The van der Waals surface area contributed by atoms with E-state index in [0.29, 0.717) is 36.8 Å². The summed E-state index contributed by atoms with van der Waals surface area (Å²) in [6, 6.07) is 5.44. The molecule has 0 saturated carbocycles. The lowest BCUT2D eigenvalue weighted by atomic mass is 10.1. The van der Waals surface area contributed by atoms with Gasteiger partial charge in [0.05, 0.1) is 0 Å². The molecule has 1 rings (SSSR count). The van der Waals surface area contributed by atoms with Gasteiger partial charge in [0.15, 0.2) is 6.10 Å². The number of carbonyl (C=O) groups excluding carboxylic acids is 1. The highest BCUT2D eigenvalue weighted by molar-refractivity contribution is 6.31. The molecule has 1 amide bonds. The summed E-state index contributed by atoms with van der Waals surface area (Å²) in [4.78, 5) is 14.0. The van der Waals surface area contributed by atoms with Crippen molar-refractivity contribution >= 4 is 17.5 Å². The van der Waals surface area contributed by atoms with Gasteiger partial charge in [-0.3, -0.25) is 4.79 Å². The van der Waals surface area contributed by atoms with Gasteiger partial charge in [-0.25, -0.2) is 0 Å². The molecule has 0 aliphatic rings. The molecule has 0 aliphatic carbocycles. The van der Waals surface area contributed by atoms with E-state index in [-0.39, 0.29) is 5.91 Å². The zero-order valence-corrected chi connectivity index (χ0v) is 13.1. The summed E-state index contributed by atoms with van der Waals surface area (Å²) in [5, 5.41) is 0.621. The van der Waals surface area contributed by atoms with Crippen molar-refractivity contribution in [2.24, 2.45) is 5.73 Å². The standard InChI is InChI=1S/C15H23ClN2O2/c1-4-18(5-2)15(19)11(3)20-14-8-6-7-13(16)12(14)9-10-17/h6-8,11H,4-5,9-10,17H2,1-3H3. The van der Waals surface area contributed by atoms with Crippen LogP contribution in [-0.2, 0) is 11.2 Å². The van der Waals surface area contributed by atoms with Crippen molar-refractivity contribution in [3.05, 3.63) is 28.8 Å². The molecule has 0 fully saturated rings. The number of hydrogen-bond donors (Lipinski definition) is 1. The average Bonchev–Trinajstić information content (AvgIpc) is 2.43. The van der Waals surface area contributed by atoms with E-state index in [1.165, 1.54) is 0 Å². The van der Waals surface area contributed by atoms with Gasteiger partial charge in [-0.05, 0) is 45.9 Å². The smallest absolute Gasteiger partial charge is 0.263 e. The Kier molecular flexibility index (Phi) is 6.82. The van der Waals surface area contributed by atoms with Crippen molar-refractivity contribution in [3.8, 4) is 5.75 Å². The molecule has 1 unspecified atom stereocenters. The Hall–Kier alpha value is -1.26. The third-order valence-electron chi connectivity index (χ3n) is 3.20. The maximum atomic E-state index is 12.2. The summed E-state index contributed by atoms with van der Waals surface area (Å²) >= 11 is 6.16. The zero-order chi connectivity index (χ0) is 15.1. The molecule has 0 saturated heterocycles. The molecular formula is C15H23ClN2O2. The minimum Gasteiger partial charge on any atom is -0.481 e. The third kappa shape index (κ3) is 4.12. The first-order valence-electron chi connectivity index (χ1n) is 6.98. The molecule has 4 nitrogen and oxygen atoms in total. The Morgan fingerprint density at radius 3 is 2.60 bits per heavy atom. The predicted octanol–water partition coefficient (Wildman–Crippen LogP) is 2.48. The van der Waals surface area contributed by atoms with Crippen LogP contribution in [0.1, 0.15) is 26.3 Å². The summed E-state index contributed by atoms with van der Waals surface area (Å²) in [6.45, 7) is 7.50. The van der Waals surface area contributed by atoms with E-state index in [0.717, 1.165) is 5.56 Å². The summed E-state index contributed by atoms with van der Waals surface area (Å²) in [6.07, 6.45) is 0.0890. The van der Waals surface area contributed by atoms with Gasteiger partial charge in [0.2, 0.25) is 0 Å². The molecule has 5 heteroatoms. The van der Waals surface area contributed by atoms with Crippen molar-refractivity contribution in [2.45, 2.75) is 33.3 Å². The van der Waals surface area contributed by atoms with Crippen LogP contribution in [0.4, 0.5) is 0 Å². The highest BCUT2D eigenvalue weighted by atomic mass is 35.5. The van der Waals surface area contributed by atoms with Gasteiger partial charge < -0.3 is 15.4 Å². The minimum absolute atomic E-state index is 0.0197. The van der Waals surface area contributed by atoms with Crippen LogP contribution in [0.15, 0.2) is 18.2 Å². The predicted molar refractivity (Wildman–Crippen MR) is 82.2 cm³/mol. The highest BCUT2D eigenvalue weighted by Crippen LogP contribution is 2.27. The monoisotopic (exact) mass is 298 g/mol. The van der Waals surface area contributed by atoms with Gasteiger partial charge >= 0.3 is 0 Å². The van der Waals surface area contributed by atoms with Crippen LogP contribution in [0, 0.1) is 0 Å². The largest absolute Gasteiger partial charge is 0.481 e. The van der Waals surface area contributed by atoms with Gasteiger partial charge in [-0.15, -0.1) is 0 Å². The van der Waals surface area contributed by atoms with E-state index >= 15 is 0 Å².